The van der Waals surface area contributed by atoms with Gasteiger partial charge in [-0.05, 0) is 48.9 Å². The minimum atomic E-state index is -3.82. The Morgan fingerprint density at radius 1 is 1.20 bits per heavy atom. The summed E-state index contributed by atoms with van der Waals surface area (Å²) in [7, 11) is -3.82. The Bertz CT molecular complexity index is 954. The number of anilines is 2. The summed E-state index contributed by atoms with van der Waals surface area (Å²) in [5.74, 6) is -0.862. The molecule has 0 spiro atoms. The van der Waals surface area contributed by atoms with Crippen molar-refractivity contribution in [3.63, 3.8) is 0 Å². The van der Waals surface area contributed by atoms with Gasteiger partial charge in [-0.25, -0.2) is 13.6 Å². The number of amides is 2. The topological polar surface area (TPSA) is 128 Å². The predicted molar refractivity (Wildman–Crippen MR) is 90.7 cm³/mol. The number of hydrogen-bond donors (Lipinski definition) is 3. The first-order valence-corrected chi connectivity index (χ1v) is 8.80. The third kappa shape index (κ3) is 3.62. The van der Waals surface area contributed by atoms with Gasteiger partial charge in [0, 0.05) is 5.69 Å². The number of carbonyl (C=O) groups excluding carboxylic acids is 2. The van der Waals surface area contributed by atoms with E-state index in [0.717, 1.165) is 5.56 Å². The SMILES string of the molecule is Cc1ccc2c(c1)NC(=O)C(C(=O)Nc1ccc(S(N)(=O)=O)cc1)O2. The number of aryl methyl sites for hydroxylation is 1. The molecule has 1 aliphatic rings. The molecule has 9 heteroatoms. The monoisotopic (exact) mass is 361 g/mol. The van der Waals surface area contributed by atoms with Crippen LogP contribution in [0, 0.1) is 6.92 Å². The molecule has 2 aromatic rings. The fraction of sp³-hybridized carbons (Fsp3) is 0.125. The number of carbonyl (C=O) groups is 2. The van der Waals surface area contributed by atoms with E-state index in [0.29, 0.717) is 17.1 Å². The molecule has 0 radical (unpaired) electrons. The van der Waals surface area contributed by atoms with Gasteiger partial charge in [-0.2, -0.15) is 0 Å². The molecular weight excluding hydrogens is 346 g/mol. The molecule has 0 bridgehead atoms. The van der Waals surface area contributed by atoms with Gasteiger partial charge in [-0.3, -0.25) is 9.59 Å². The largest absolute Gasteiger partial charge is 0.468 e. The summed E-state index contributed by atoms with van der Waals surface area (Å²) in [6.07, 6.45) is -1.35. The van der Waals surface area contributed by atoms with E-state index >= 15 is 0 Å². The Kier molecular flexibility index (Phi) is 4.19. The molecule has 0 aromatic heterocycles. The highest BCUT2D eigenvalue weighted by molar-refractivity contribution is 7.89. The number of nitrogens with two attached hydrogens (primary N) is 1. The Labute approximate surface area is 144 Å². The number of ether oxygens (including phenoxy) is 1. The number of primary sulfonamides is 1. The van der Waals surface area contributed by atoms with Crippen LogP contribution >= 0.6 is 0 Å². The highest BCUT2D eigenvalue weighted by Crippen LogP contribution is 2.30. The lowest BCUT2D eigenvalue weighted by atomic mass is 10.1. The average Bonchev–Trinajstić information content (AvgIpc) is 2.53. The van der Waals surface area contributed by atoms with Gasteiger partial charge in [0.1, 0.15) is 5.75 Å². The molecule has 4 N–H and O–H groups in total. The molecule has 2 aromatic carbocycles. The molecule has 1 heterocycles. The Morgan fingerprint density at radius 2 is 1.88 bits per heavy atom. The van der Waals surface area contributed by atoms with Crippen LogP contribution in [0.15, 0.2) is 47.4 Å². The molecule has 3 rings (SSSR count). The van der Waals surface area contributed by atoms with Crippen molar-refractivity contribution in [2.75, 3.05) is 10.6 Å². The van der Waals surface area contributed by atoms with Crippen molar-refractivity contribution >= 4 is 33.2 Å². The molecule has 1 atom stereocenters. The maximum absolute atomic E-state index is 12.3. The first-order chi connectivity index (χ1) is 11.7. The average molecular weight is 361 g/mol. The van der Waals surface area contributed by atoms with E-state index in [9.17, 15) is 18.0 Å². The van der Waals surface area contributed by atoms with Gasteiger partial charge in [-0.15, -0.1) is 0 Å². The Morgan fingerprint density at radius 3 is 2.52 bits per heavy atom. The fourth-order valence-electron chi connectivity index (χ4n) is 2.33. The van der Waals surface area contributed by atoms with Crippen LogP contribution in [0.2, 0.25) is 0 Å². The zero-order valence-corrected chi connectivity index (χ0v) is 14.0. The van der Waals surface area contributed by atoms with Crippen molar-refractivity contribution in [2.24, 2.45) is 5.14 Å². The first kappa shape index (κ1) is 16.9. The summed E-state index contributed by atoms with van der Waals surface area (Å²) in [6, 6.07) is 10.5. The van der Waals surface area contributed by atoms with Crippen molar-refractivity contribution in [1.29, 1.82) is 0 Å². The summed E-state index contributed by atoms with van der Waals surface area (Å²) < 4.78 is 27.9. The van der Waals surface area contributed by atoms with E-state index in [2.05, 4.69) is 10.6 Å². The number of sulfonamides is 1. The van der Waals surface area contributed by atoms with Crippen LogP contribution in [0.25, 0.3) is 0 Å². The maximum atomic E-state index is 12.3. The van der Waals surface area contributed by atoms with Gasteiger partial charge in [0.05, 0.1) is 10.6 Å². The van der Waals surface area contributed by atoms with Crippen LogP contribution in [-0.4, -0.2) is 26.3 Å². The van der Waals surface area contributed by atoms with E-state index in [1.54, 1.807) is 18.2 Å². The molecule has 130 valence electrons. The molecule has 1 aliphatic heterocycles. The molecular formula is C16H15N3O5S. The van der Waals surface area contributed by atoms with Gasteiger partial charge in [0.15, 0.2) is 0 Å². The normalized spacial score (nSPS) is 16.4. The van der Waals surface area contributed by atoms with E-state index in [-0.39, 0.29) is 4.90 Å². The molecule has 2 amide bonds. The number of benzene rings is 2. The molecule has 1 unspecified atom stereocenters. The highest BCUT2D eigenvalue weighted by atomic mass is 32.2. The van der Waals surface area contributed by atoms with Crippen LogP contribution in [0.3, 0.4) is 0 Å². The van der Waals surface area contributed by atoms with Crippen molar-refractivity contribution in [3.05, 3.63) is 48.0 Å². The number of hydrogen-bond acceptors (Lipinski definition) is 5. The molecule has 0 saturated heterocycles. The predicted octanol–water partition coefficient (Wildman–Crippen LogP) is 0.981. The molecule has 0 aliphatic carbocycles. The molecule has 25 heavy (non-hydrogen) atoms. The fourth-order valence-corrected chi connectivity index (χ4v) is 2.85. The molecule has 8 nitrogen and oxygen atoms in total. The van der Waals surface area contributed by atoms with Crippen molar-refractivity contribution in [3.8, 4) is 5.75 Å². The minimum Gasteiger partial charge on any atom is -0.468 e. The summed E-state index contributed by atoms with van der Waals surface area (Å²) in [4.78, 5) is 24.3. The third-order valence-electron chi connectivity index (χ3n) is 3.56. The quantitative estimate of drug-likeness (QED) is 0.702. The molecule has 0 saturated carbocycles. The number of rotatable bonds is 3. The Balaban J connectivity index is 1.75. The third-order valence-corrected chi connectivity index (χ3v) is 4.49. The van der Waals surface area contributed by atoms with E-state index < -0.39 is 27.9 Å². The summed E-state index contributed by atoms with van der Waals surface area (Å²) in [5, 5.41) is 10.1. The summed E-state index contributed by atoms with van der Waals surface area (Å²) in [6.45, 7) is 1.87. The van der Waals surface area contributed by atoms with Crippen LogP contribution in [-0.2, 0) is 19.6 Å². The zero-order valence-electron chi connectivity index (χ0n) is 13.1. The smallest absolute Gasteiger partial charge is 0.275 e. The molecule has 0 fully saturated rings. The summed E-state index contributed by atoms with van der Waals surface area (Å²) in [5.41, 5.74) is 1.76. The van der Waals surface area contributed by atoms with Gasteiger partial charge in [0.25, 0.3) is 17.9 Å². The second-order valence-electron chi connectivity index (χ2n) is 5.55. The minimum absolute atomic E-state index is 0.0820. The van der Waals surface area contributed by atoms with Gasteiger partial charge in [0.2, 0.25) is 10.0 Å². The summed E-state index contributed by atoms with van der Waals surface area (Å²) >= 11 is 0. The van der Waals surface area contributed by atoms with Crippen LogP contribution < -0.4 is 20.5 Å². The maximum Gasteiger partial charge on any atom is 0.275 e. The van der Waals surface area contributed by atoms with Crippen LogP contribution in [0.1, 0.15) is 5.56 Å². The van der Waals surface area contributed by atoms with Crippen molar-refractivity contribution in [2.45, 2.75) is 17.9 Å². The number of fused-ring (bicyclic) bond motifs is 1. The second kappa shape index (κ2) is 6.19. The van der Waals surface area contributed by atoms with Gasteiger partial charge < -0.3 is 15.4 Å². The zero-order chi connectivity index (χ0) is 18.2. The number of nitrogens with one attached hydrogen (secondary N) is 2. The lowest BCUT2D eigenvalue weighted by Gasteiger charge is -2.25. The van der Waals surface area contributed by atoms with Crippen molar-refractivity contribution < 1.29 is 22.7 Å². The van der Waals surface area contributed by atoms with Gasteiger partial charge in [-0.1, -0.05) is 6.07 Å². The standard InChI is InChI=1S/C16H15N3O5S/c1-9-2-7-13-12(8-9)19-16(21)14(24-13)15(20)18-10-3-5-11(6-4-10)25(17,22)23/h2-8,14H,1H3,(H,18,20)(H,19,21)(H2,17,22,23). The van der Waals surface area contributed by atoms with Crippen molar-refractivity contribution in [1.82, 2.24) is 0 Å². The van der Waals surface area contributed by atoms with Crippen LogP contribution in [0.5, 0.6) is 5.75 Å². The first-order valence-electron chi connectivity index (χ1n) is 7.26. The lowest BCUT2D eigenvalue weighted by Crippen LogP contribution is -2.45. The van der Waals surface area contributed by atoms with E-state index in [4.69, 9.17) is 9.88 Å². The highest BCUT2D eigenvalue weighted by Gasteiger charge is 2.34. The Hall–Kier alpha value is -2.91. The lowest BCUT2D eigenvalue weighted by molar-refractivity contribution is -0.133. The second-order valence-corrected chi connectivity index (χ2v) is 7.11. The van der Waals surface area contributed by atoms with E-state index in [1.165, 1.54) is 24.3 Å². The van der Waals surface area contributed by atoms with E-state index in [1.807, 2.05) is 6.92 Å². The van der Waals surface area contributed by atoms with Gasteiger partial charge >= 0.3 is 0 Å². The van der Waals surface area contributed by atoms with Crippen LogP contribution in [0.4, 0.5) is 11.4 Å².